The largest absolute Gasteiger partial charge is 0.396 e. The molecule has 1 aromatic heterocycles. The minimum Gasteiger partial charge on any atom is -0.396 e. The van der Waals surface area contributed by atoms with Crippen LogP contribution >= 0.6 is 11.6 Å². The van der Waals surface area contributed by atoms with E-state index in [1.54, 1.807) is 0 Å². The van der Waals surface area contributed by atoms with Crippen molar-refractivity contribution in [2.45, 2.75) is 31.7 Å². The fourth-order valence-electron chi connectivity index (χ4n) is 2.31. The average Bonchev–Trinajstić information content (AvgIpc) is 2.39. The molecule has 0 saturated heterocycles. The first-order valence-electron chi connectivity index (χ1n) is 6.10. The monoisotopic (exact) mass is 269 g/mol. The number of hydrogen-bond acceptors (Lipinski definition) is 4. The molecule has 1 fully saturated rings. The molecule has 5 nitrogen and oxygen atoms in total. The van der Waals surface area contributed by atoms with Gasteiger partial charge in [-0.1, -0.05) is 24.4 Å². The lowest BCUT2D eigenvalue weighted by atomic mass is 9.85. The Labute approximate surface area is 111 Å². The number of nitrogens with zero attached hydrogens (tertiary/aromatic N) is 2. The van der Waals surface area contributed by atoms with Crippen LogP contribution in [0.2, 0.25) is 5.15 Å². The number of rotatable bonds is 3. The second-order valence-corrected chi connectivity index (χ2v) is 4.92. The molecular weight excluding hydrogens is 254 g/mol. The molecule has 1 aliphatic carbocycles. The van der Waals surface area contributed by atoms with E-state index >= 15 is 0 Å². The van der Waals surface area contributed by atoms with Crippen LogP contribution in [0.3, 0.4) is 0 Å². The summed E-state index contributed by atoms with van der Waals surface area (Å²) < 4.78 is 0. The highest BCUT2D eigenvalue weighted by atomic mass is 35.5. The van der Waals surface area contributed by atoms with Crippen LogP contribution in [-0.4, -0.2) is 33.6 Å². The SMILES string of the molecule is O=C(NC1CCCCC1CO)c1cncc(Cl)n1. The van der Waals surface area contributed by atoms with E-state index in [0.29, 0.717) is 0 Å². The highest BCUT2D eigenvalue weighted by molar-refractivity contribution is 6.29. The number of aliphatic hydroxyl groups is 1. The van der Waals surface area contributed by atoms with Crippen molar-refractivity contribution < 1.29 is 9.90 Å². The molecule has 98 valence electrons. The quantitative estimate of drug-likeness (QED) is 0.870. The molecule has 1 amide bonds. The molecule has 2 rings (SSSR count). The van der Waals surface area contributed by atoms with Crippen LogP contribution in [0.1, 0.15) is 36.2 Å². The number of carbonyl (C=O) groups excluding carboxylic acids is 1. The first-order valence-corrected chi connectivity index (χ1v) is 6.48. The van der Waals surface area contributed by atoms with Crippen molar-refractivity contribution in [2.24, 2.45) is 5.92 Å². The second-order valence-electron chi connectivity index (χ2n) is 4.53. The lowest BCUT2D eigenvalue weighted by molar-refractivity contribution is 0.0867. The van der Waals surface area contributed by atoms with Crippen molar-refractivity contribution in [3.63, 3.8) is 0 Å². The number of hydrogen-bond donors (Lipinski definition) is 2. The Morgan fingerprint density at radius 3 is 2.94 bits per heavy atom. The van der Waals surface area contributed by atoms with E-state index in [9.17, 15) is 9.90 Å². The van der Waals surface area contributed by atoms with Gasteiger partial charge in [-0.3, -0.25) is 9.78 Å². The first kappa shape index (κ1) is 13.2. The van der Waals surface area contributed by atoms with Gasteiger partial charge in [-0.2, -0.15) is 0 Å². The number of aromatic nitrogens is 2. The van der Waals surface area contributed by atoms with Gasteiger partial charge >= 0.3 is 0 Å². The third-order valence-electron chi connectivity index (χ3n) is 3.30. The van der Waals surface area contributed by atoms with Crippen LogP contribution in [0.15, 0.2) is 12.4 Å². The summed E-state index contributed by atoms with van der Waals surface area (Å²) in [5, 5.41) is 12.4. The topological polar surface area (TPSA) is 75.1 Å². The van der Waals surface area contributed by atoms with Crippen molar-refractivity contribution in [2.75, 3.05) is 6.61 Å². The number of halogens is 1. The normalized spacial score (nSPS) is 23.7. The highest BCUT2D eigenvalue weighted by Crippen LogP contribution is 2.24. The van der Waals surface area contributed by atoms with Crippen molar-refractivity contribution in [3.05, 3.63) is 23.2 Å². The molecule has 0 aliphatic heterocycles. The molecule has 1 saturated carbocycles. The fourth-order valence-corrected chi connectivity index (χ4v) is 2.46. The summed E-state index contributed by atoms with van der Waals surface area (Å²) >= 11 is 5.69. The number of aliphatic hydroxyl groups excluding tert-OH is 1. The zero-order valence-corrected chi connectivity index (χ0v) is 10.7. The molecule has 6 heteroatoms. The van der Waals surface area contributed by atoms with Gasteiger partial charge in [-0.05, 0) is 12.8 Å². The van der Waals surface area contributed by atoms with E-state index in [1.807, 2.05) is 0 Å². The maximum Gasteiger partial charge on any atom is 0.271 e. The summed E-state index contributed by atoms with van der Waals surface area (Å²) in [6, 6.07) is 0.0111. The van der Waals surface area contributed by atoms with Gasteiger partial charge in [-0.25, -0.2) is 4.98 Å². The van der Waals surface area contributed by atoms with E-state index in [-0.39, 0.29) is 35.3 Å². The molecule has 0 aromatic carbocycles. The van der Waals surface area contributed by atoms with E-state index < -0.39 is 0 Å². The van der Waals surface area contributed by atoms with Crippen LogP contribution in [0, 0.1) is 5.92 Å². The Morgan fingerprint density at radius 2 is 2.22 bits per heavy atom. The van der Waals surface area contributed by atoms with Gasteiger partial charge in [-0.15, -0.1) is 0 Å². The standard InChI is InChI=1S/C12H16ClN3O2/c13-11-6-14-5-10(15-11)12(18)16-9-4-2-1-3-8(9)7-17/h5-6,8-9,17H,1-4,7H2,(H,16,18). The summed E-state index contributed by atoms with van der Waals surface area (Å²) in [5.74, 6) is -0.148. The summed E-state index contributed by atoms with van der Waals surface area (Å²) in [4.78, 5) is 19.7. The van der Waals surface area contributed by atoms with Crippen LogP contribution < -0.4 is 5.32 Å². The smallest absolute Gasteiger partial charge is 0.271 e. The van der Waals surface area contributed by atoms with Gasteiger partial charge in [0.1, 0.15) is 10.8 Å². The Morgan fingerprint density at radius 1 is 1.44 bits per heavy atom. The maximum atomic E-state index is 12.0. The Balaban J connectivity index is 2.02. The lowest BCUT2D eigenvalue weighted by Gasteiger charge is -2.30. The molecular formula is C12H16ClN3O2. The van der Waals surface area contributed by atoms with Crippen LogP contribution in [-0.2, 0) is 0 Å². The molecule has 0 radical (unpaired) electrons. The van der Waals surface area contributed by atoms with E-state index in [2.05, 4.69) is 15.3 Å². The van der Waals surface area contributed by atoms with Gasteiger partial charge in [0.05, 0.1) is 12.4 Å². The van der Waals surface area contributed by atoms with E-state index in [0.717, 1.165) is 25.7 Å². The molecule has 1 heterocycles. The van der Waals surface area contributed by atoms with Crippen LogP contribution in [0.4, 0.5) is 0 Å². The minimum atomic E-state index is -0.282. The second kappa shape index (κ2) is 6.11. The summed E-state index contributed by atoms with van der Waals surface area (Å²) in [5.41, 5.74) is 0.213. The third kappa shape index (κ3) is 3.17. The summed E-state index contributed by atoms with van der Waals surface area (Å²) in [7, 11) is 0. The summed E-state index contributed by atoms with van der Waals surface area (Å²) in [6.45, 7) is 0.103. The predicted molar refractivity (Wildman–Crippen MR) is 67.3 cm³/mol. The van der Waals surface area contributed by atoms with E-state index in [4.69, 9.17) is 11.6 Å². The maximum absolute atomic E-state index is 12.0. The molecule has 1 aliphatic rings. The third-order valence-corrected chi connectivity index (χ3v) is 3.48. The fraction of sp³-hybridized carbons (Fsp3) is 0.583. The molecule has 1 aromatic rings. The zero-order valence-electron chi connectivity index (χ0n) is 9.97. The minimum absolute atomic E-state index is 0.0111. The van der Waals surface area contributed by atoms with Crippen LogP contribution in [0.25, 0.3) is 0 Å². The first-order chi connectivity index (χ1) is 8.70. The van der Waals surface area contributed by atoms with Crippen molar-refractivity contribution in [1.82, 2.24) is 15.3 Å². The molecule has 2 atom stereocenters. The molecule has 0 bridgehead atoms. The Bertz CT molecular complexity index is 428. The van der Waals surface area contributed by atoms with Crippen LogP contribution in [0.5, 0.6) is 0 Å². The highest BCUT2D eigenvalue weighted by Gasteiger charge is 2.26. The lowest BCUT2D eigenvalue weighted by Crippen LogP contribution is -2.43. The molecule has 2 unspecified atom stereocenters. The van der Waals surface area contributed by atoms with Crippen molar-refractivity contribution in [1.29, 1.82) is 0 Å². The molecule has 2 N–H and O–H groups in total. The predicted octanol–water partition coefficient (Wildman–Crippen LogP) is 1.41. The van der Waals surface area contributed by atoms with Gasteiger partial charge in [0.2, 0.25) is 0 Å². The van der Waals surface area contributed by atoms with Crippen molar-refractivity contribution in [3.8, 4) is 0 Å². The van der Waals surface area contributed by atoms with Gasteiger partial charge in [0.25, 0.3) is 5.91 Å². The number of carbonyl (C=O) groups is 1. The molecule has 0 spiro atoms. The van der Waals surface area contributed by atoms with Gasteiger partial charge in [0.15, 0.2) is 0 Å². The average molecular weight is 270 g/mol. The Hall–Kier alpha value is -1.20. The van der Waals surface area contributed by atoms with E-state index in [1.165, 1.54) is 12.4 Å². The number of amides is 1. The summed E-state index contributed by atoms with van der Waals surface area (Å²) in [6.07, 6.45) is 6.79. The Kier molecular flexibility index (Phi) is 4.49. The zero-order chi connectivity index (χ0) is 13.0. The van der Waals surface area contributed by atoms with Gasteiger partial charge < -0.3 is 10.4 Å². The van der Waals surface area contributed by atoms with Crippen molar-refractivity contribution >= 4 is 17.5 Å². The number of nitrogens with one attached hydrogen (secondary N) is 1. The molecule has 18 heavy (non-hydrogen) atoms. The van der Waals surface area contributed by atoms with Gasteiger partial charge in [0, 0.05) is 18.6 Å².